The molecule has 1 aliphatic heterocycles. The second kappa shape index (κ2) is 4.56. The highest BCUT2D eigenvalue weighted by Crippen LogP contribution is 2.22. The number of hydrogen-bond acceptors (Lipinski definition) is 6. The van der Waals surface area contributed by atoms with Gasteiger partial charge in [0.25, 0.3) is 0 Å². The summed E-state index contributed by atoms with van der Waals surface area (Å²) in [5.74, 6) is 0. The van der Waals surface area contributed by atoms with Gasteiger partial charge in [-0.15, -0.1) is 0 Å². The predicted molar refractivity (Wildman–Crippen MR) is 45.5 cm³/mol. The molecule has 1 saturated heterocycles. The minimum Gasteiger partial charge on any atom is -0.400 e. The fraction of sp³-hybridized carbons (Fsp3) is 1.00. The molecule has 0 aliphatic carbocycles. The second-order valence-electron chi connectivity index (χ2n) is 3.28. The van der Waals surface area contributed by atoms with Gasteiger partial charge in [0.15, 0.2) is 0 Å². The van der Waals surface area contributed by atoms with Crippen molar-refractivity contribution in [3.8, 4) is 0 Å². The van der Waals surface area contributed by atoms with Crippen LogP contribution >= 0.6 is 0 Å². The quantitative estimate of drug-likeness (QED) is 0.296. The number of rotatable bonds is 2. The van der Waals surface area contributed by atoms with Crippen molar-refractivity contribution >= 4 is 7.85 Å². The maximum Gasteiger partial charge on any atom is 0.112 e. The van der Waals surface area contributed by atoms with E-state index < -0.39 is 43.1 Å². The molecule has 6 nitrogen and oxygen atoms in total. The van der Waals surface area contributed by atoms with Gasteiger partial charge in [0, 0.05) is 6.00 Å². The van der Waals surface area contributed by atoms with Crippen LogP contribution in [0.3, 0.4) is 0 Å². The maximum atomic E-state index is 9.33. The molecule has 0 aromatic carbocycles. The molecular weight excluding hydrogens is 191 g/mol. The molecule has 1 heterocycles. The Morgan fingerprint density at radius 2 is 1.71 bits per heavy atom. The number of ether oxygens (including phenoxy) is 1. The van der Waals surface area contributed by atoms with Gasteiger partial charge in [-0.05, 0) is 0 Å². The van der Waals surface area contributed by atoms with E-state index in [1.165, 1.54) is 0 Å². The van der Waals surface area contributed by atoms with Crippen LogP contribution in [-0.2, 0) is 4.74 Å². The normalized spacial score (nSPS) is 46.2. The first-order chi connectivity index (χ1) is 6.49. The fourth-order valence-corrected chi connectivity index (χ4v) is 1.41. The summed E-state index contributed by atoms with van der Waals surface area (Å²) < 4.78 is 4.91. The van der Waals surface area contributed by atoms with E-state index >= 15 is 0 Å². The molecule has 0 aromatic heterocycles. The van der Waals surface area contributed by atoms with Crippen molar-refractivity contribution in [1.82, 2.24) is 0 Å². The molecule has 1 fully saturated rings. The van der Waals surface area contributed by atoms with Crippen LogP contribution in [0, 0.1) is 0 Å². The van der Waals surface area contributed by atoms with Gasteiger partial charge in [0.2, 0.25) is 0 Å². The Bertz CT molecular complexity index is 187. The van der Waals surface area contributed by atoms with Crippen LogP contribution in [0.15, 0.2) is 0 Å². The predicted octanol–water partition coefficient (Wildman–Crippen LogP) is -3.68. The summed E-state index contributed by atoms with van der Waals surface area (Å²) in [4.78, 5) is 0. The summed E-state index contributed by atoms with van der Waals surface area (Å²) in [5, 5.41) is 45.7. The number of hydrogen-bond donors (Lipinski definition) is 5. The Hall–Kier alpha value is -0.175. The molecular formula is C7H13BO6. The lowest BCUT2D eigenvalue weighted by Gasteiger charge is -2.41. The molecule has 0 aromatic rings. The summed E-state index contributed by atoms with van der Waals surface area (Å²) in [5.41, 5.74) is 0. The van der Waals surface area contributed by atoms with Crippen molar-refractivity contribution in [3.05, 3.63) is 0 Å². The average molecular weight is 204 g/mol. The van der Waals surface area contributed by atoms with Gasteiger partial charge in [-0.25, -0.2) is 0 Å². The van der Waals surface area contributed by atoms with E-state index in [9.17, 15) is 15.3 Å². The Labute approximate surface area is 82.2 Å². The van der Waals surface area contributed by atoms with Gasteiger partial charge in [-0.3, -0.25) is 0 Å². The zero-order chi connectivity index (χ0) is 10.9. The SMILES string of the molecule is [B]C(O)[C@H]1OC(CO)[C@H](O)[C@H](O)C1O. The van der Waals surface area contributed by atoms with E-state index in [-0.39, 0.29) is 0 Å². The molecule has 0 saturated carbocycles. The number of aliphatic hydroxyl groups excluding tert-OH is 5. The number of aliphatic hydroxyl groups is 5. The minimum atomic E-state index is -1.50. The summed E-state index contributed by atoms with van der Waals surface area (Å²) in [6, 6.07) is -1.49. The van der Waals surface area contributed by atoms with Gasteiger partial charge >= 0.3 is 0 Å². The summed E-state index contributed by atoms with van der Waals surface area (Å²) >= 11 is 0. The van der Waals surface area contributed by atoms with Gasteiger partial charge in [0.1, 0.15) is 38.4 Å². The summed E-state index contributed by atoms with van der Waals surface area (Å²) in [6.45, 7) is -0.534. The molecule has 1 aliphatic rings. The molecule has 6 atom stereocenters. The highest BCUT2D eigenvalue weighted by atomic mass is 16.6. The zero-order valence-corrected chi connectivity index (χ0v) is 7.39. The van der Waals surface area contributed by atoms with E-state index in [0.29, 0.717) is 0 Å². The molecule has 2 radical (unpaired) electrons. The molecule has 1 rings (SSSR count). The molecule has 0 spiro atoms. The van der Waals surface area contributed by atoms with E-state index in [4.69, 9.17) is 22.8 Å². The zero-order valence-electron chi connectivity index (χ0n) is 7.39. The largest absolute Gasteiger partial charge is 0.400 e. The maximum absolute atomic E-state index is 9.33. The van der Waals surface area contributed by atoms with E-state index in [1.54, 1.807) is 0 Å². The van der Waals surface area contributed by atoms with Gasteiger partial charge in [-0.1, -0.05) is 0 Å². The first-order valence-electron chi connectivity index (χ1n) is 4.23. The van der Waals surface area contributed by atoms with Crippen LogP contribution in [0.2, 0.25) is 0 Å². The molecule has 3 unspecified atom stereocenters. The van der Waals surface area contributed by atoms with Crippen LogP contribution in [0.5, 0.6) is 0 Å². The lowest BCUT2D eigenvalue weighted by molar-refractivity contribution is -0.240. The lowest BCUT2D eigenvalue weighted by atomic mass is 9.85. The van der Waals surface area contributed by atoms with Crippen molar-refractivity contribution in [2.75, 3.05) is 6.61 Å². The Morgan fingerprint density at radius 1 is 1.14 bits per heavy atom. The monoisotopic (exact) mass is 204 g/mol. The minimum absolute atomic E-state index is 0.534. The van der Waals surface area contributed by atoms with Crippen LogP contribution in [0.25, 0.3) is 0 Å². The van der Waals surface area contributed by atoms with E-state index in [0.717, 1.165) is 0 Å². The Kier molecular flexibility index (Phi) is 3.88. The van der Waals surface area contributed by atoms with E-state index in [1.807, 2.05) is 0 Å². The topological polar surface area (TPSA) is 110 Å². The second-order valence-corrected chi connectivity index (χ2v) is 3.28. The highest BCUT2D eigenvalue weighted by Gasteiger charge is 2.44. The van der Waals surface area contributed by atoms with Crippen LogP contribution < -0.4 is 0 Å². The van der Waals surface area contributed by atoms with Crippen molar-refractivity contribution in [2.24, 2.45) is 0 Å². The van der Waals surface area contributed by atoms with Crippen LogP contribution in [-0.4, -0.2) is 76.5 Å². The van der Waals surface area contributed by atoms with Crippen molar-refractivity contribution in [2.45, 2.75) is 36.5 Å². The first-order valence-corrected chi connectivity index (χ1v) is 4.23. The van der Waals surface area contributed by atoms with Gasteiger partial charge < -0.3 is 30.3 Å². The smallest absolute Gasteiger partial charge is 0.112 e. The molecule has 5 N–H and O–H groups in total. The Morgan fingerprint density at radius 3 is 2.14 bits per heavy atom. The van der Waals surface area contributed by atoms with Crippen LogP contribution in [0.1, 0.15) is 0 Å². The molecule has 7 heteroatoms. The molecule has 80 valence electrons. The third-order valence-electron chi connectivity index (χ3n) is 2.27. The third kappa shape index (κ3) is 2.08. The Balaban J connectivity index is 2.73. The average Bonchev–Trinajstić information content (AvgIpc) is 2.14. The molecule has 0 amide bonds. The summed E-state index contributed by atoms with van der Waals surface area (Å²) in [7, 11) is 5.08. The summed E-state index contributed by atoms with van der Waals surface area (Å²) in [6.07, 6.45) is -6.65. The first kappa shape index (κ1) is 11.9. The molecule has 0 bridgehead atoms. The van der Waals surface area contributed by atoms with Crippen molar-refractivity contribution in [1.29, 1.82) is 0 Å². The lowest BCUT2D eigenvalue weighted by Crippen LogP contribution is -2.61. The third-order valence-corrected chi connectivity index (χ3v) is 2.27. The highest BCUT2D eigenvalue weighted by molar-refractivity contribution is 6.11. The van der Waals surface area contributed by atoms with Gasteiger partial charge in [0.05, 0.1) is 6.61 Å². The van der Waals surface area contributed by atoms with Crippen LogP contribution in [0.4, 0.5) is 0 Å². The van der Waals surface area contributed by atoms with Crippen molar-refractivity contribution in [3.63, 3.8) is 0 Å². The molecule has 14 heavy (non-hydrogen) atoms. The van der Waals surface area contributed by atoms with Crippen molar-refractivity contribution < 1.29 is 30.3 Å². The van der Waals surface area contributed by atoms with Gasteiger partial charge in [-0.2, -0.15) is 0 Å². The standard InChI is InChI=1S/C7H13BO6/c8-7(13)6-5(12)4(11)3(10)2(1-9)14-6/h2-7,9-13H,1H2/t2?,3-,4-,5?,6-,7?/m0/s1. The fourth-order valence-electron chi connectivity index (χ4n) is 1.41. The van der Waals surface area contributed by atoms with E-state index in [2.05, 4.69) is 0 Å².